The van der Waals surface area contributed by atoms with E-state index in [-0.39, 0.29) is 5.56 Å². The Bertz CT molecular complexity index is 619. The zero-order chi connectivity index (χ0) is 19.2. The molecule has 5 nitrogen and oxygen atoms in total. The van der Waals surface area contributed by atoms with E-state index >= 15 is 0 Å². The summed E-state index contributed by atoms with van der Waals surface area (Å²) < 4.78 is 0. The molecule has 0 aliphatic carbocycles. The van der Waals surface area contributed by atoms with Crippen molar-refractivity contribution in [2.75, 3.05) is 32.7 Å². The van der Waals surface area contributed by atoms with E-state index in [1.807, 2.05) is 33.3 Å². The molecule has 0 spiro atoms. The molecule has 0 unspecified atom stereocenters. The highest BCUT2D eigenvalue weighted by molar-refractivity contribution is 5.88. The van der Waals surface area contributed by atoms with Gasteiger partial charge in [-0.05, 0) is 44.8 Å². The lowest BCUT2D eigenvalue weighted by molar-refractivity contribution is 0.0697. The minimum atomic E-state index is -0.938. The van der Waals surface area contributed by atoms with E-state index in [0.29, 0.717) is 0 Å². The Morgan fingerprint density at radius 1 is 1.28 bits per heavy atom. The fraction of sp³-hybridized carbons (Fsp3) is 0.300. The summed E-state index contributed by atoms with van der Waals surface area (Å²) in [7, 11) is 5.86. The number of carboxylic acid groups (broad SMARTS) is 1. The van der Waals surface area contributed by atoms with Gasteiger partial charge in [0.2, 0.25) is 0 Å². The molecule has 1 rings (SSSR count). The second-order valence-corrected chi connectivity index (χ2v) is 5.41. The third kappa shape index (κ3) is 9.27. The zero-order valence-electron chi connectivity index (χ0n) is 15.6. The quantitative estimate of drug-likeness (QED) is 0.335. The minimum absolute atomic E-state index is 0.255. The smallest absolute Gasteiger partial charge is 0.335 e. The monoisotopic (exact) mass is 343 g/mol. The maximum atomic E-state index is 11.0. The van der Waals surface area contributed by atoms with E-state index in [9.17, 15) is 4.79 Å². The molecule has 5 heteroatoms. The summed E-state index contributed by atoms with van der Waals surface area (Å²) in [5.41, 5.74) is 2.18. The Balaban J connectivity index is 0.00000277. The van der Waals surface area contributed by atoms with Crippen molar-refractivity contribution < 1.29 is 9.90 Å². The van der Waals surface area contributed by atoms with Crippen molar-refractivity contribution in [3.8, 4) is 0 Å². The SMILES string of the molecule is C/C=C(\C=C/CN(C)C)C/C=N\N(C)c1cccc(C(=O)O)c1.C=C. The summed E-state index contributed by atoms with van der Waals surface area (Å²) in [6, 6.07) is 6.72. The van der Waals surface area contributed by atoms with Crippen LogP contribution in [-0.2, 0) is 0 Å². The van der Waals surface area contributed by atoms with Gasteiger partial charge in [0, 0.05) is 26.2 Å². The number of allylic oxidation sites excluding steroid dienone is 3. The van der Waals surface area contributed by atoms with Gasteiger partial charge in [-0.3, -0.25) is 5.01 Å². The Kier molecular flexibility index (Phi) is 11.4. The van der Waals surface area contributed by atoms with E-state index < -0.39 is 5.97 Å². The first-order valence-corrected chi connectivity index (χ1v) is 8.00. The molecule has 1 aromatic rings. The predicted molar refractivity (Wildman–Crippen MR) is 108 cm³/mol. The number of carboxylic acids is 1. The lowest BCUT2D eigenvalue weighted by atomic mass is 10.2. The predicted octanol–water partition coefficient (Wildman–Crippen LogP) is 4.06. The molecule has 0 heterocycles. The highest BCUT2D eigenvalue weighted by atomic mass is 16.4. The van der Waals surface area contributed by atoms with Gasteiger partial charge in [-0.15, -0.1) is 13.2 Å². The maximum Gasteiger partial charge on any atom is 0.335 e. The molecule has 0 atom stereocenters. The number of aromatic carboxylic acids is 1. The number of nitrogens with zero attached hydrogens (tertiary/aromatic N) is 3. The van der Waals surface area contributed by atoms with Crippen molar-refractivity contribution in [1.82, 2.24) is 4.90 Å². The number of likely N-dealkylation sites (N-methyl/N-ethyl adjacent to an activating group) is 1. The third-order valence-electron chi connectivity index (χ3n) is 3.22. The first-order chi connectivity index (χ1) is 11.9. The Morgan fingerprint density at radius 2 is 1.96 bits per heavy atom. The molecule has 0 bridgehead atoms. The zero-order valence-corrected chi connectivity index (χ0v) is 15.6. The van der Waals surface area contributed by atoms with Crippen LogP contribution in [0.5, 0.6) is 0 Å². The van der Waals surface area contributed by atoms with Gasteiger partial charge in [0.25, 0.3) is 0 Å². The van der Waals surface area contributed by atoms with Crippen molar-refractivity contribution >= 4 is 17.9 Å². The topological polar surface area (TPSA) is 56.1 Å². The number of carbonyl (C=O) groups is 1. The summed E-state index contributed by atoms with van der Waals surface area (Å²) in [4.78, 5) is 13.1. The summed E-state index contributed by atoms with van der Waals surface area (Å²) in [6.45, 7) is 8.90. The number of hydrogen-bond acceptors (Lipinski definition) is 4. The molecule has 1 N–H and O–H groups in total. The molecule has 0 amide bonds. The molecule has 0 saturated carbocycles. The average Bonchev–Trinajstić information content (AvgIpc) is 2.61. The standard InChI is InChI=1S/C18H25N3O2.C2H4/c1-5-15(8-7-13-20(2)3)11-12-19-21(4)17-10-6-9-16(14-17)18(22)23;1-2/h5-10,12,14H,11,13H2,1-4H3,(H,22,23);1-2H2/b8-7-,15-5+,19-12-;. The molecular formula is C20H29N3O2. The van der Waals surface area contributed by atoms with Crippen molar-refractivity contribution in [3.05, 3.63) is 66.8 Å². The third-order valence-corrected chi connectivity index (χ3v) is 3.22. The Labute approximate surface area is 151 Å². The molecule has 1 aromatic carbocycles. The number of anilines is 1. The van der Waals surface area contributed by atoms with Crippen LogP contribution in [0.25, 0.3) is 0 Å². The van der Waals surface area contributed by atoms with E-state index in [2.05, 4.69) is 41.4 Å². The first-order valence-electron chi connectivity index (χ1n) is 8.00. The van der Waals surface area contributed by atoms with Gasteiger partial charge in [-0.2, -0.15) is 5.10 Å². The van der Waals surface area contributed by atoms with Crippen molar-refractivity contribution in [2.45, 2.75) is 13.3 Å². The fourth-order valence-corrected chi connectivity index (χ4v) is 1.87. The van der Waals surface area contributed by atoms with Crippen molar-refractivity contribution in [3.63, 3.8) is 0 Å². The number of hydrazone groups is 1. The normalized spacial score (nSPS) is 11.6. The molecule has 25 heavy (non-hydrogen) atoms. The molecule has 0 aromatic heterocycles. The van der Waals surface area contributed by atoms with E-state index in [1.165, 1.54) is 5.57 Å². The van der Waals surface area contributed by atoms with Gasteiger partial charge in [-0.25, -0.2) is 4.79 Å². The van der Waals surface area contributed by atoms with E-state index in [0.717, 1.165) is 18.7 Å². The van der Waals surface area contributed by atoms with Gasteiger partial charge in [0.1, 0.15) is 0 Å². The van der Waals surface area contributed by atoms with E-state index in [1.54, 1.807) is 30.3 Å². The summed E-state index contributed by atoms with van der Waals surface area (Å²) >= 11 is 0. The van der Waals surface area contributed by atoms with Gasteiger partial charge in [0.05, 0.1) is 11.3 Å². The molecule has 0 aliphatic rings. The summed E-state index contributed by atoms with van der Waals surface area (Å²) in [5.74, 6) is -0.938. The van der Waals surface area contributed by atoms with Crippen LogP contribution >= 0.6 is 0 Å². The second kappa shape index (κ2) is 12.7. The fourth-order valence-electron chi connectivity index (χ4n) is 1.87. The minimum Gasteiger partial charge on any atom is -0.478 e. The van der Waals surface area contributed by atoms with Gasteiger partial charge in [0.15, 0.2) is 0 Å². The number of hydrogen-bond donors (Lipinski definition) is 1. The number of benzene rings is 1. The van der Waals surface area contributed by atoms with Gasteiger partial charge in [-0.1, -0.05) is 24.3 Å². The summed E-state index contributed by atoms with van der Waals surface area (Å²) in [6.07, 6.45) is 8.82. The highest BCUT2D eigenvalue weighted by Gasteiger charge is 2.05. The van der Waals surface area contributed by atoms with Crippen LogP contribution in [0.1, 0.15) is 23.7 Å². The first kappa shape index (κ1) is 22.3. The second-order valence-electron chi connectivity index (χ2n) is 5.41. The molecular weight excluding hydrogens is 314 g/mol. The lowest BCUT2D eigenvalue weighted by Gasteiger charge is -2.13. The van der Waals surface area contributed by atoms with Crippen LogP contribution in [0, 0.1) is 0 Å². The maximum absolute atomic E-state index is 11.0. The highest BCUT2D eigenvalue weighted by Crippen LogP contribution is 2.15. The van der Waals surface area contributed by atoms with Crippen LogP contribution in [0.4, 0.5) is 5.69 Å². The molecule has 0 saturated heterocycles. The van der Waals surface area contributed by atoms with Crippen LogP contribution in [0.3, 0.4) is 0 Å². The number of rotatable bonds is 8. The molecule has 136 valence electrons. The summed E-state index contributed by atoms with van der Waals surface area (Å²) in [5, 5.41) is 15.0. The van der Waals surface area contributed by atoms with E-state index in [4.69, 9.17) is 5.11 Å². The largest absolute Gasteiger partial charge is 0.478 e. The van der Waals surface area contributed by atoms with Crippen LogP contribution < -0.4 is 5.01 Å². The Morgan fingerprint density at radius 3 is 2.52 bits per heavy atom. The van der Waals surface area contributed by atoms with Crippen LogP contribution in [0.2, 0.25) is 0 Å². The van der Waals surface area contributed by atoms with Crippen LogP contribution in [0.15, 0.2) is 66.3 Å². The van der Waals surface area contributed by atoms with Crippen LogP contribution in [-0.4, -0.2) is 49.9 Å². The van der Waals surface area contributed by atoms with Crippen molar-refractivity contribution in [1.29, 1.82) is 0 Å². The average molecular weight is 343 g/mol. The lowest BCUT2D eigenvalue weighted by Crippen LogP contribution is -2.10. The van der Waals surface area contributed by atoms with Gasteiger partial charge < -0.3 is 10.0 Å². The van der Waals surface area contributed by atoms with Gasteiger partial charge >= 0.3 is 5.97 Å². The van der Waals surface area contributed by atoms with Crippen molar-refractivity contribution in [2.24, 2.45) is 5.10 Å². The molecule has 0 fully saturated rings. The Hall–Kier alpha value is -2.66. The molecule has 0 radical (unpaired) electrons. The molecule has 0 aliphatic heterocycles.